The molecule has 148 valence electrons. The lowest BCUT2D eigenvalue weighted by Gasteiger charge is -2.30. The van der Waals surface area contributed by atoms with Crippen molar-refractivity contribution in [1.82, 2.24) is 0 Å². The van der Waals surface area contributed by atoms with Crippen molar-refractivity contribution < 1.29 is 0 Å². The van der Waals surface area contributed by atoms with Gasteiger partial charge in [-0.15, -0.1) is 0 Å². The smallest absolute Gasteiger partial charge is 0.140 e. The summed E-state index contributed by atoms with van der Waals surface area (Å²) >= 11 is 0. The van der Waals surface area contributed by atoms with Gasteiger partial charge in [-0.25, -0.2) is 0 Å². The maximum Gasteiger partial charge on any atom is 0.140 e. The average Bonchev–Trinajstić information content (AvgIpc) is 2.79. The minimum Gasteiger partial charge on any atom is -0.294 e. The van der Waals surface area contributed by atoms with Crippen LogP contribution in [0.25, 0.3) is 11.1 Å². The van der Waals surface area contributed by atoms with E-state index < -0.39 is 0 Å². The van der Waals surface area contributed by atoms with E-state index in [9.17, 15) is 0 Å². The Morgan fingerprint density at radius 2 is 1.17 bits per heavy atom. The molecule has 0 aliphatic rings. The maximum absolute atomic E-state index is 4.79. The van der Waals surface area contributed by atoms with Gasteiger partial charge >= 0.3 is 0 Å². The Morgan fingerprint density at radius 1 is 0.600 bits per heavy atom. The molecule has 0 bridgehead atoms. The van der Waals surface area contributed by atoms with Crippen LogP contribution in [0.3, 0.4) is 0 Å². The molecule has 0 aromatic heterocycles. The molecule has 4 aromatic rings. The molecule has 30 heavy (non-hydrogen) atoms. The standard InChI is InChI=1S/C28H26N2/c1-21-13-7-9-17-24(21)28(29-3)30(26-19-11-8-14-22(26)2)27-20-12-10-18-25(27)23-15-5-4-6-16-23/h4-20H,1-3H3/b29-28+. The quantitative estimate of drug-likeness (QED) is 0.266. The van der Waals surface area contributed by atoms with Gasteiger partial charge < -0.3 is 0 Å². The van der Waals surface area contributed by atoms with E-state index in [1.54, 1.807) is 0 Å². The third-order valence-corrected chi connectivity index (χ3v) is 5.40. The number of para-hydroxylation sites is 2. The summed E-state index contributed by atoms with van der Waals surface area (Å²) < 4.78 is 0. The van der Waals surface area contributed by atoms with E-state index in [1.165, 1.54) is 22.3 Å². The van der Waals surface area contributed by atoms with E-state index in [2.05, 4.69) is 122 Å². The summed E-state index contributed by atoms with van der Waals surface area (Å²) in [5.41, 5.74) is 8.14. The summed E-state index contributed by atoms with van der Waals surface area (Å²) in [6.07, 6.45) is 0. The summed E-state index contributed by atoms with van der Waals surface area (Å²) in [7, 11) is 1.87. The van der Waals surface area contributed by atoms with Gasteiger partial charge in [-0.2, -0.15) is 0 Å². The fourth-order valence-corrected chi connectivity index (χ4v) is 3.87. The number of nitrogens with zero attached hydrogens (tertiary/aromatic N) is 2. The van der Waals surface area contributed by atoms with Crippen LogP contribution in [0, 0.1) is 13.8 Å². The summed E-state index contributed by atoms with van der Waals surface area (Å²) in [5, 5.41) is 0. The Morgan fingerprint density at radius 3 is 1.83 bits per heavy atom. The third-order valence-electron chi connectivity index (χ3n) is 5.40. The second kappa shape index (κ2) is 8.79. The third kappa shape index (κ3) is 3.77. The Balaban J connectivity index is 2.00. The number of aryl methyl sites for hydroxylation is 2. The number of hydrogen-bond acceptors (Lipinski definition) is 1. The minimum atomic E-state index is 0.936. The van der Waals surface area contributed by atoms with Crippen molar-refractivity contribution in [1.29, 1.82) is 0 Å². The van der Waals surface area contributed by atoms with Crippen LogP contribution in [0.2, 0.25) is 0 Å². The number of anilines is 2. The van der Waals surface area contributed by atoms with Crippen molar-refractivity contribution in [3.8, 4) is 11.1 Å². The largest absolute Gasteiger partial charge is 0.294 e. The van der Waals surface area contributed by atoms with Crippen LogP contribution in [-0.4, -0.2) is 12.9 Å². The second-order valence-corrected chi connectivity index (χ2v) is 7.37. The summed E-state index contributed by atoms with van der Waals surface area (Å²) in [6, 6.07) is 36.0. The van der Waals surface area contributed by atoms with E-state index in [-0.39, 0.29) is 0 Å². The minimum absolute atomic E-state index is 0.936. The first kappa shape index (κ1) is 19.7. The number of benzene rings is 4. The first-order chi connectivity index (χ1) is 14.7. The highest BCUT2D eigenvalue weighted by Crippen LogP contribution is 2.38. The predicted octanol–water partition coefficient (Wildman–Crippen LogP) is 7.19. The Bertz CT molecular complexity index is 1180. The molecule has 0 heterocycles. The number of aliphatic imine (C=N–C) groups is 1. The molecule has 0 saturated heterocycles. The Hall–Kier alpha value is -3.65. The molecule has 0 amide bonds. The molecule has 0 N–H and O–H groups in total. The zero-order valence-corrected chi connectivity index (χ0v) is 17.7. The molecule has 0 radical (unpaired) electrons. The zero-order chi connectivity index (χ0) is 20.9. The molecule has 0 aliphatic heterocycles. The normalized spacial score (nSPS) is 11.4. The monoisotopic (exact) mass is 390 g/mol. The average molecular weight is 391 g/mol. The van der Waals surface area contributed by atoms with Gasteiger partial charge in [0.05, 0.1) is 11.4 Å². The van der Waals surface area contributed by atoms with Crippen LogP contribution in [0.4, 0.5) is 11.4 Å². The molecule has 2 heteroatoms. The van der Waals surface area contributed by atoms with Crippen molar-refractivity contribution in [2.75, 3.05) is 11.9 Å². The number of hydrogen-bond donors (Lipinski definition) is 0. The van der Waals surface area contributed by atoms with Crippen molar-refractivity contribution in [3.05, 3.63) is 120 Å². The Labute approximate surface area is 179 Å². The van der Waals surface area contributed by atoms with Crippen molar-refractivity contribution in [2.24, 2.45) is 4.99 Å². The molecule has 0 aliphatic carbocycles. The van der Waals surface area contributed by atoms with Crippen LogP contribution in [-0.2, 0) is 0 Å². The van der Waals surface area contributed by atoms with Gasteiger partial charge in [0.25, 0.3) is 0 Å². The molecular formula is C28H26N2. The molecule has 0 spiro atoms. The second-order valence-electron chi connectivity index (χ2n) is 7.37. The van der Waals surface area contributed by atoms with Crippen molar-refractivity contribution in [2.45, 2.75) is 13.8 Å². The predicted molar refractivity (Wildman–Crippen MR) is 129 cm³/mol. The van der Waals surface area contributed by atoms with E-state index in [0.717, 1.165) is 22.8 Å². The summed E-state index contributed by atoms with van der Waals surface area (Å²) in [5.74, 6) is 0.936. The van der Waals surface area contributed by atoms with Crippen molar-refractivity contribution in [3.63, 3.8) is 0 Å². The topological polar surface area (TPSA) is 15.6 Å². The van der Waals surface area contributed by atoms with E-state index in [4.69, 9.17) is 4.99 Å². The molecule has 0 fully saturated rings. The van der Waals surface area contributed by atoms with Crippen LogP contribution < -0.4 is 4.90 Å². The molecule has 0 unspecified atom stereocenters. The van der Waals surface area contributed by atoms with Gasteiger partial charge in [-0.3, -0.25) is 9.89 Å². The van der Waals surface area contributed by atoms with Gasteiger partial charge in [0, 0.05) is 18.2 Å². The lowest BCUT2D eigenvalue weighted by Crippen LogP contribution is -2.29. The molecule has 0 saturated carbocycles. The van der Waals surface area contributed by atoms with Gasteiger partial charge in [-0.1, -0.05) is 91.0 Å². The molecule has 0 atom stereocenters. The first-order valence-electron chi connectivity index (χ1n) is 10.2. The summed E-state index contributed by atoms with van der Waals surface area (Å²) in [4.78, 5) is 7.08. The fourth-order valence-electron chi connectivity index (χ4n) is 3.87. The molecule has 4 rings (SSSR count). The molecule has 2 nitrogen and oxygen atoms in total. The highest BCUT2D eigenvalue weighted by atomic mass is 15.2. The van der Waals surface area contributed by atoms with E-state index in [1.807, 2.05) is 7.05 Å². The van der Waals surface area contributed by atoms with Crippen molar-refractivity contribution >= 4 is 17.2 Å². The lowest BCUT2D eigenvalue weighted by molar-refractivity contribution is 1.25. The van der Waals surface area contributed by atoms with Crippen LogP contribution in [0.1, 0.15) is 16.7 Å². The molecular weight excluding hydrogens is 364 g/mol. The zero-order valence-electron chi connectivity index (χ0n) is 17.7. The van der Waals surface area contributed by atoms with E-state index in [0.29, 0.717) is 0 Å². The van der Waals surface area contributed by atoms with Gasteiger partial charge in [0.2, 0.25) is 0 Å². The maximum atomic E-state index is 4.79. The number of rotatable bonds is 4. The van der Waals surface area contributed by atoms with Gasteiger partial charge in [-0.05, 0) is 42.7 Å². The van der Waals surface area contributed by atoms with Crippen LogP contribution in [0.5, 0.6) is 0 Å². The fraction of sp³-hybridized carbons (Fsp3) is 0.107. The molecule has 4 aromatic carbocycles. The Kier molecular flexibility index (Phi) is 5.76. The summed E-state index contributed by atoms with van der Waals surface area (Å²) in [6.45, 7) is 4.29. The van der Waals surface area contributed by atoms with Gasteiger partial charge in [0.1, 0.15) is 5.84 Å². The lowest BCUT2D eigenvalue weighted by atomic mass is 10.00. The SMILES string of the molecule is C/N=C(\c1ccccc1C)N(c1ccccc1C)c1ccccc1-c1ccccc1. The highest BCUT2D eigenvalue weighted by molar-refractivity contribution is 6.16. The van der Waals surface area contributed by atoms with Crippen LogP contribution in [0.15, 0.2) is 108 Å². The van der Waals surface area contributed by atoms with E-state index >= 15 is 0 Å². The highest BCUT2D eigenvalue weighted by Gasteiger charge is 2.22. The van der Waals surface area contributed by atoms with Crippen LogP contribution >= 0.6 is 0 Å². The number of amidine groups is 1. The van der Waals surface area contributed by atoms with Gasteiger partial charge in [0.15, 0.2) is 0 Å². The first-order valence-corrected chi connectivity index (χ1v) is 10.2.